The maximum absolute atomic E-state index is 11.2. The zero-order valence-electron chi connectivity index (χ0n) is 10.4. The SMILES string of the molecule is C=CCC(CC=C)CCOS(=O)(=O)OCCC. The van der Waals surface area contributed by atoms with Gasteiger partial charge in [-0.2, -0.15) is 8.42 Å². The first-order valence-electron chi connectivity index (χ1n) is 5.81. The van der Waals surface area contributed by atoms with Gasteiger partial charge in [-0.3, -0.25) is 0 Å². The molecule has 0 aromatic carbocycles. The summed E-state index contributed by atoms with van der Waals surface area (Å²) in [7, 11) is -3.82. The highest BCUT2D eigenvalue weighted by Crippen LogP contribution is 2.15. The summed E-state index contributed by atoms with van der Waals surface area (Å²) in [6, 6.07) is 0. The fourth-order valence-corrected chi connectivity index (χ4v) is 2.08. The van der Waals surface area contributed by atoms with E-state index >= 15 is 0 Å². The summed E-state index contributed by atoms with van der Waals surface area (Å²) in [5.41, 5.74) is 0. The highest BCUT2D eigenvalue weighted by atomic mass is 32.3. The van der Waals surface area contributed by atoms with Gasteiger partial charge in [-0.05, 0) is 31.6 Å². The second-order valence-electron chi connectivity index (χ2n) is 3.76. The molecule has 0 radical (unpaired) electrons. The first-order chi connectivity index (χ1) is 8.05. The molecule has 0 heterocycles. The standard InChI is InChI=1S/C12H22O4S/c1-4-7-12(8-5-2)9-11-16-17(13,14)15-10-6-3/h4-5,12H,1-2,6-11H2,3H3. The van der Waals surface area contributed by atoms with Crippen LogP contribution in [0.5, 0.6) is 0 Å². The molecule has 5 heteroatoms. The molecule has 100 valence electrons. The van der Waals surface area contributed by atoms with Crippen LogP contribution >= 0.6 is 0 Å². The van der Waals surface area contributed by atoms with Gasteiger partial charge in [0.15, 0.2) is 0 Å². The molecule has 0 aliphatic carbocycles. The molecule has 0 aliphatic heterocycles. The van der Waals surface area contributed by atoms with Crippen molar-refractivity contribution < 1.29 is 16.8 Å². The highest BCUT2D eigenvalue weighted by Gasteiger charge is 2.13. The average molecular weight is 262 g/mol. The summed E-state index contributed by atoms with van der Waals surface area (Å²) in [6.45, 7) is 9.45. The molecule has 0 fully saturated rings. The number of allylic oxidation sites excluding steroid dienone is 2. The van der Waals surface area contributed by atoms with E-state index in [0.717, 1.165) is 12.8 Å². The third-order valence-electron chi connectivity index (χ3n) is 2.19. The average Bonchev–Trinajstić information content (AvgIpc) is 2.27. The van der Waals surface area contributed by atoms with Gasteiger partial charge in [0.25, 0.3) is 0 Å². The van der Waals surface area contributed by atoms with E-state index in [1.54, 1.807) is 0 Å². The number of hydrogen-bond acceptors (Lipinski definition) is 4. The maximum Gasteiger partial charge on any atom is 0.399 e. The van der Waals surface area contributed by atoms with Gasteiger partial charge in [0.2, 0.25) is 0 Å². The Kier molecular flexibility index (Phi) is 9.03. The molecule has 17 heavy (non-hydrogen) atoms. The molecular weight excluding hydrogens is 240 g/mol. The molecule has 0 aliphatic rings. The van der Waals surface area contributed by atoms with Crippen molar-refractivity contribution in [1.29, 1.82) is 0 Å². The van der Waals surface area contributed by atoms with E-state index in [2.05, 4.69) is 17.3 Å². The second-order valence-corrected chi connectivity index (χ2v) is 5.04. The Balaban J connectivity index is 3.93. The highest BCUT2D eigenvalue weighted by molar-refractivity contribution is 7.81. The first-order valence-corrected chi connectivity index (χ1v) is 7.14. The van der Waals surface area contributed by atoms with Crippen LogP contribution in [0.15, 0.2) is 25.3 Å². The van der Waals surface area contributed by atoms with E-state index in [0.29, 0.717) is 18.8 Å². The predicted octanol–water partition coefficient (Wildman–Crippen LogP) is 2.83. The van der Waals surface area contributed by atoms with Gasteiger partial charge in [0.05, 0.1) is 13.2 Å². The van der Waals surface area contributed by atoms with Gasteiger partial charge in [-0.25, -0.2) is 8.37 Å². The van der Waals surface area contributed by atoms with Crippen molar-refractivity contribution in [2.45, 2.75) is 32.6 Å². The van der Waals surface area contributed by atoms with Crippen LogP contribution in [0, 0.1) is 5.92 Å². The van der Waals surface area contributed by atoms with Crippen molar-refractivity contribution in [2.24, 2.45) is 5.92 Å². The minimum absolute atomic E-state index is 0.137. The van der Waals surface area contributed by atoms with Crippen molar-refractivity contribution in [3.8, 4) is 0 Å². The van der Waals surface area contributed by atoms with E-state index in [1.807, 2.05) is 19.1 Å². The molecule has 0 unspecified atom stereocenters. The molecule has 0 atom stereocenters. The molecule has 0 aromatic rings. The van der Waals surface area contributed by atoms with Crippen LogP contribution in [0.4, 0.5) is 0 Å². The lowest BCUT2D eigenvalue weighted by atomic mass is 9.98. The molecule has 0 saturated carbocycles. The Labute approximate surface area is 105 Å². The van der Waals surface area contributed by atoms with Crippen molar-refractivity contribution in [2.75, 3.05) is 13.2 Å². The predicted molar refractivity (Wildman–Crippen MR) is 68.8 cm³/mol. The second kappa shape index (κ2) is 9.39. The summed E-state index contributed by atoms with van der Waals surface area (Å²) < 4.78 is 31.7. The van der Waals surface area contributed by atoms with E-state index in [-0.39, 0.29) is 13.2 Å². The van der Waals surface area contributed by atoms with Crippen LogP contribution in [0.3, 0.4) is 0 Å². The molecular formula is C12H22O4S. The minimum Gasteiger partial charge on any atom is -0.248 e. The van der Waals surface area contributed by atoms with Crippen LogP contribution in [0.1, 0.15) is 32.6 Å². The normalized spacial score (nSPS) is 11.6. The Morgan fingerprint density at radius 1 is 1.12 bits per heavy atom. The van der Waals surface area contributed by atoms with Crippen LogP contribution < -0.4 is 0 Å². The molecule has 0 N–H and O–H groups in total. The van der Waals surface area contributed by atoms with Gasteiger partial charge in [0.1, 0.15) is 0 Å². The quantitative estimate of drug-likeness (QED) is 0.537. The molecule has 0 saturated heterocycles. The van der Waals surface area contributed by atoms with Crippen molar-refractivity contribution in [1.82, 2.24) is 0 Å². The third kappa shape index (κ3) is 9.09. The Hall–Kier alpha value is -0.650. The van der Waals surface area contributed by atoms with Crippen LogP contribution in [-0.4, -0.2) is 21.6 Å². The molecule has 0 bridgehead atoms. The van der Waals surface area contributed by atoms with Gasteiger partial charge in [-0.1, -0.05) is 19.1 Å². The van der Waals surface area contributed by atoms with Crippen molar-refractivity contribution in [3.05, 3.63) is 25.3 Å². The van der Waals surface area contributed by atoms with Gasteiger partial charge in [-0.15, -0.1) is 13.2 Å². The van der Waals surface area contributed by atoms with Crippen molar-refractivity contribution in [3.63, 3.8) is 0 Å². The van der Waals surface area contributed by atoms with E-state index in [9.17, 15) is 8.42 Å². The fourth-order valence-electron chi connectivity index (χ4n) is 1.34. The van der Waals surface area contributed by atoms with Crippen LogP contribution in [0.2, 0.25) is 0 Å². The maximum atomic E-state index is 11.2. The number of rotatable bonds is 11. The summed E-state index contributed by atoms with van der Waals surface area (Å²) in [4.78, 5) is 0. The Morgan fingerprint density at radius 2 is 1.65 bits per heavy atom. The zero-order valence-corrected chi connectivity index (χ0v) is 11.2. The summed E-state index contributed by atoms with van der Waals surface area (Å²) >= 11 is 0. The smallest absolute Gasteiger partial charge is 0.248 e. The molecule has 4 nitrogen and oxygen atoms in total. The lowest BCUT2D eigenvalue weighted by Crippen LogP contribution is -2.13. The van der Waals surface area contributed by atoms with Crippen molar-refractivity contribution >= 4 is 10.4 Å². The van der Waals surface area contributed by atoms with Gasteiger partial charge >= 0.3 is 10.4 Å². The van der Waals surface area contributed by atoms with Gasteiger partial charge < -0.3 is 0 Å². The monoisotopic (exact) mass is 262 g/mol. The van der Waals surface area contributed by atoms with E-state index < -0.39 is 10.4 Å². The first kappa shape index (κ1) is 16.4. The topological polar surface area (TPSA) is 52.6 Å². The number of hydrogen-bond donors (Lipinski definition) is 0. The zero-order chi connectivity index (χ0) is 13.1. The summed E-state index contributed by atoms with van der Waals surface area (Å²) in [5.74, 6) is 0.325. The molecule has 0 spiro atoms. The van der Waals surface area contributed by atoms with Crippen LogP contribution in [-0.2, 0) is 18.8 Å². The summed E-state index contributed by atoms with van der Waals surface area (Å²) in [5, 5.41) is 0. The third-order valence-corrected chi connectivity index (χ3v) is 3.10. The fraction of sp³-hybridized carbons (Fsp3) is 0.667. The molecule has 0 rings (SSSR count). The van der Waals surface area contributed by atoms with Crippen LogP contribution in [0.25, 0.3) is 0 Å². The lowest BCUT2D eigenvalue weighted by Gasteiger charge is -2.12. The van der Waals surface area contributed by atoms with Gasteiger partial charge in [0, 0.05) is 0 Å². The minimum atomic E-state index is -3.82. The molecule has 0 aromatic heterocycles. The van der Waals surface area contributed by atoms with E-state index in [4.69, 9.17) is 4.18 Å². The molecule has 0 amide bonds. The lowest BCUT2D eigenvalue weighted by molar-refractivity contribution is 0.203. The Morgan fingerprint density at radius 3 is 2.12 bits per heavy atom. The largest absolute Gasteiger partial charge is 0.399 e. The Bertz CT molecular complexity index is 298. The summed E-state index contributed by atoms with van der Waals surface area (Å²) in [6.07, 6.45) is 6.56. The van der Waals surface area contributed by atoms with E-state index in [1.165, 1.54) is 0 Å².